The predicted molar refractivity (Wildman–Crippen MR) is 40.4 cm³/mol. The lowest BCUT2D eigenvalue weighted by atomic mass is 10.4. The van der Waals surface area contributed by atoms with Crippen molar-refractivity contribution in [2.24, 2.45) is 0 Å². The summed E-state index contributed by atoms with van der Waals surface area (Å²) in [4.78, 5) is 0. The van der Waals surface area contributed by atoms with Crippen molar-refractivity contribution in [2.45, 2.75) is 13.0 Å². The second-order valence-electron chi connectivity index (χ2n) is 2.20. The Morgan fingerprint density at radius 1 is 1.18 bits per heavy atom. The molecule has 1 unspecified atom stereocenters. The van der Waals surface area contributed by atoms with Crippen LogP contribution in [0.25, 0.3) is 0 Å². The molecule has 4 nitrogen and oxygen atoms in total. The molecule has 2 N–H and O–H groups in total. The van der Waals surface area contributed by atoms with Crippen LogP contribution in [0.2, 0.25) is 0 Å². The van der Waals surface area contributed by atoms with Crippen molar-refractivity contribution in [3.05, 3.63) is 0 Å². The first-order valence-electron chi connectivity index (χ1n) is 3.72. The van der Waals surface area contributed by atoms with Gasteiger partial charge in [0.25, 0.3) is 0 Å². The van der Waals surface area contributed by atoms with Gasteiger partial charge in [0.1, 0.15) is 0 Å². The van der Waals surface area contributed by atoms with Crippen LogP contribution in [0.1, 0.15) is 6.92 Å². The van der Waals surface area contributed by atoms with E-state index in [1.54, 1.807) is 6.92 Å². The lowest BCUT2D eigenvalue weighted by Gasteiger charge is -2.09. The van der Waals surface area contributed by atoms with E-state index in [0.717, 1.165) is 0 Å². The summed E-state index contributed by atoms with van der Waals surface area (Å²) in [6.07, 6.45) is -0.132. The normalized spacial score (nSPS) is 13.4. The van der Waals surface area contributed by atoms with Gasteiger partial charge in [-0.2, -0.15) is 0 Å². The van der Waals surface area contributed by atoms with E-state index in [1.165, 1.54) is 0 Å². The molecule has 0 aromatic carbocycles. The zero-order valence-corrected chi connectivity index (χ0v) is 6.82. The van der Waals surface area contributed by atoms with Crippen molar-refractivity contribution in [2.75, 3.05) is 33.0 Å². The Kier molecular flexibility index (Phi) is 7.83. The van der Waals surface area contributed by atoms with Crippen LogP contribution < -0.4 is 0 Å². The summed E-state index contributed by atoms with van der Waals surface area (Å²) in [6.45, 7) is 3.12. The van der Waals surface area contributed by atoms with Gasteiger partial charge in [0, 0.05) is 0 Å². The van der Waals surface area contributed by atoms with Crippen LogP contribution >= 0.6 is 0 Å². The molecule has 68 valence electrons. The zero-order valence-electron chi connectivity index (χ0n) is 6.82. The molecule has 0 rings (SSSR count). The van der Waals surface area contributed by atoms with Gasteiger partial charge in [-0.05, 0) is 6.92 Å². The Balaban J connectivity index is 2.89. The van der Waals surface area contributed by atoms with Gasteiger partial charge in [-0.25, -0.2) is 0 Å². The minimum atomic E-state index is -0.132. The summed E-state index contributed by atoms with van der Waals surface area (Å²) in [7, 11) is 0. The van der Waals surface area contributed by atoms with Gasteiger partial charge in [0.05, 0.1) is 39.1 Å². The summed E-state index contributed by atoms with van der Waals surface area (Å²) in [5, 5.41) is 16.8. The van der Waals surface area contributed by atoms with Crippen LogP contribution in [0.3, 0.4) is 0 Å². The van der Waals surface area contributed by atoms with Crippen molar-refractivity contribution in [1.29, 1.82) is 0 Å². The van der Waals surface area contributed by atoms with E-state index in [-0.39, 0.29) is 19.3 Å². The maximum atomic E-state index is 8.53. The van der Waals surface area contributed by atoms with Crippen molar-refractivity contribution < 1.29 is 19.7 Å². The fourth-order valence-corrected chi connectivity index (χ4v) is 0.528. The first-order valence-corrected chi connectivity index (χ1v) is 3.72. The Labute approximate surface area is 66.7 Å². The number of ether oxygens (including phenoxy) is 2. The monoisotopic (exact) mass is 164 g/mol. The molecule has 0 aliphatic rings. The second kappa shape index (κ2) is 7.94. The minimum Gasteiger partial charge on any atom is -0.394 e. The Hall–Kier alpha value is -0.160. The third kappa shape index (κ3) is 7.74. The SMILES string of the molecule is CC(CO)OCCOCCO. The highest BCUT2D eigenvalue weighted by Gasteiger charge is 1.97. The standard InChI is InChI=1S/C7H16O4/c1-7(6-9)11-5-4-10-3-2-8/h7-9H,2-6H2,1H3. The Bertz CT molecular complexity index is 76.8. The first-order chi connectivity index (χ1) is 5.31. The maximum absolute atomic E-state index is 8.53. The molecule has 0 saturated carbocycles. The summed E-state index contributed by atoms with van der Waals surface area (Å²) in [6, 6.07) is 0. The Morgan fingerprint density at radius 2 is 1.91 bits per heavy atom. The summed E-state index contributed by atoms with van der Waals surface area (Å²) in [5.41, 5.74) is 0. The van der Waals surface area contributed by atoms with Gasteiger partial charge in [0.15, 0.2) is 0 Å². The average molecular weight is 164 g/mol. The number of hydrogen-bond donors (Lipinski definition) is 2. The second-order valence-corrected chi connectivity index (χ2v) is 2.20. The zero-order chi connectivity index (χ0) is 8.53. The molecular weight excluding hydrogens is 148 g/mol. The predicted octanol–water partition coefficient (Wildman–Crippen LogP) is -0.607. The molecule has 0 aromatic rings. The van der Waals surface area contributed by atoms with Gasteiger partial charge in [-0.1, -0.05) is 0 Å². The lowest BCUT2D eigenvalue weighted by molar-refractivity contribution is -0.0154. The van der Waals surface area contributed by atoms with Crippen molar-refractivity contribution in [1.82, 2.24) is 0 Å². The highest BCUT2D eigenvalue weighted by molar-refractivity contribution is 4.43. The minimum absolute atomic E-state index is 0.0278. The highest BCUT2D eigenvalue weighted by atomic mass is 16.5. The molecule has 4 heteroatoms. The number of hydrogen-bond acceptors (Lipinski definition) is 4. The quantitative estimate of drug-likeness (QED) is 0.493. The number of aliphatic hydroxyl groups excluding tert-OH is 2. The van der Waals surface area contributed by atoms with Crippen LogP contribution in [0.15, 0.2) is 0 Å². The van der Waals surface area contributed by atoms with Gasteiger partial charge in [0.2, 0.25) is 0 Å². The van der Waals surface area contributed by atoms with Crippen LogP contribution in [0, 0.1) is 0 Å². The average Bonchev–Trinajstić information content (AvgIpc) is 2.04. The van der Waals surface area contributed by atoms with Crippen LogP contribution in [0.4, 0.5) is 0 Å². The van der Waals surface area contributed by atoms with E-state index in [2.05, 4.69) is 0 Å². The van der Waals surface area contributed by atoms with Crippen LogP contribution in [0.5, 0.6) is 0 Å². The van der Waals surface area contributed by atoms with E-state index in [4.69, 9.17) is 19.7 Å². The largest absolute Gasteiger partial charge is 0.394 e. The summed E-state index contributed by atoms with van der Waals surface area (Å²) < 4.78 is 10.0. The molecular formula is C7H16O4. The van der Waals surface area contributed by atoms with Gasteiger partial charge < -0.3 is 19.7 Å². The molecule has 0 aliphatic carbocycles. The molecule has 0 heterocycles. The Morgan fingerprint density at radius 3 is 2.45 bits per heavy atom. The topological polar surface area (TPSA) is 58.9 Å². The summed E-state index contributed by atoms with van der Waals surface area (Å²) >= 11 is 0. The third-order valence-electron chi connectivity index (χ3n) is 1.12. The van der Waals surface area contributed by atoms with E-state index in [0.29, 0.717) is 19.8 Å². The molecule has 0 aliphatic heterocycles. The lowest BCUT2D eigenvalue weighted by Crippen LogP contribution is -2.16. The third-order valence-corrected chi connectivity index (χ3v) is 1.12. The van der Waals surface area contributed by atoms with E-state index < -0.39 is 0 Å². The van der Waals surface area contributed by atoms with E-state index in [9.17, 15) is 0 Å². The van der Waals surface area contributed by atoms with Gasteiger partial charge >= 0.3 is 0 Å². The van der Waals surface area contributed by atoms with Gasteiger partial charge in [-0.15, -0.1) is 0 Å². The smallest absolute Gasteiger partial charge is 0.0778 e. The van der Waals surface area contributed by atoms with Crippen LogP contribution in [-0.4, -0.2) is 49.4 Å². The molecule has 0 aromatic heterocycles. The van der Waals surface area contributed by atoms with Gasteiger partial charge in [-0.3, -0.25) is 0 Å². The molecule has 11 heavy (non-hydrogen) atoms. The van der Waals surface area contributed by atoms with E-state index in [1.807, 2.05) is 0 Å². The van der Waals surface area contributed by atoms with Crippen molar-refractivity contribution >= 4 is 0 Å². The molecule has 0 saturated heterocycles. The molecule has 0 fully saturated rings. The first kappa shape index (κ1) is 10.8. The highest BCUT2D eigenvalue weighted by Crippen LogP contribution is 1.87. The maximum Gasteiger partial charge on any atom is 0.0778 e. The number of aliphatic hydroxyl groups is 2. The molecule has 0 radical (unpaired) electrons. The number of rotatable bonds is 7. The summed E-state index contributed by atoms with van der Waals surface area (Å²) in [5.74, 6) is 0. The molecule has 1 atom stereocenters. The van der Waals surface area contributed by atoms with Crippen LogP contribution in [-0.2, 0) is 9.47 Å². The fourth-order valence-electron chi connectivity index (χ4n) is 0.528. The van der Waals surface area contributed by atoms with E-state index >= 15 is 0 Å². The molecule has 0 bridgehead atoms. The van der Waals surface area contributed by atoms with Crippen molar-refractivity contribution in [3.63, 3.8) is 0 Å². The fraction of sp³-hybridized carbons (Fsp3) is 1.00. The molecule has 0 amide bonds. The molecule has 0 spiro atoms. The van der Waals surface area contributed by atoms with Crippen molar-refractivity contribution in [3.8, 4) is 0 Å².